The fraction of sp³-hybridized carbons (Fsp3) is 0.750. The quantitative estimate of drug-likeness (QED) is 0.862. The molecule has 0 saturated carbocycles. The Morgan fingerprint density at radius 1 is 1.44 bits per heavy atom. The first-order valence-corrected chi connectivity index (χ1v) is 6.55. The molecule has 0 spiro atoms. The number of aromatic nitrogens is 1. The van der Waals surface area contributed by atoms with Crippen molar-refractivity contribution >= 4 is 11.3 Å². The van der Waals surface area contributed by atoms with E-state index in [1.165, 1.54) is 0 Å². The third-order valence-electron chi connectivity index (χ3n) is 1.91. The molecule has 0 amide bonds. The lowest BCUT2D eigenvalue weighted by atomic mass is 10.2. The van der Waals surface area contributed by atoms with Gasteiger partial charge in [0.2, 0.25) is 0 Å². The van der Waals surface area contributed by atoms with Crippen LogP contribution in [0.5, 0.6) is 0 Å². The molecule has 0 aliphatic heterocycles. The van der Waals surface area contributed by atoms with Crippen molar-refractivity contribution in [1.29, 1.82) is 0 Å². The van der Waals surface area contributed by atoms with Crippen LogP contribution in [-0.4, -0.2) is 16.6 Å². The van der Waals surface area contributed by atoms with Gasteiger partial charge in [-0.25, -0.2) is 4.98 Å². The van der Waals surface area contributed by atoms with Gasteiger partial charge in [0.15, 0.2) is 0 Å². The highest BCUT2D eigenvalue weighted by molar-refractivity contribution is 7.09. The molecule has 1 rings (SSSR count). The predicted octanol–water partition coefficient (Wildman–Crippen LogP) is 2.96. The number of rotatable bonds is 5. The van der Waals surface area contributed by atoms with E-state index in [2.05, 4.69) is 50.3 Å². The van der Waals surface area contributed by atoms with Crippen molar-refractivity contribution in [2.75, 3.05) is 0 Å². The van der Waals surface area contributed by atoms with E-state index in [0.29, 0.717) is 12.6 Å². The minimum atomic E-state index is -0.0973. The average molecular weight is 242 g/mol. The third kappa shape index (κ3) is 5.58. The second-order valence-electron chi connectivity index (χ2n) is 5.17. The molecule has 4 heteroatoms. The van der Waals surface area contributed by atoms with Crippen LogP contribution in [0.3, 0.4) is 0 Å². The van der Waals surface area contributed by atoms with E-state index < -0.39 is 0 Å². The van der Waals surface area contributed by atoms with Crippen LogP contribution >= 0.6 is 11.3 Å². The summed E-state index contributed by atoms with van der Waals surface area (Å²) >= 11 is 1.69. The maximum Gasteiger partial charge on any atom is 0.107 e. The predicted molar refractivity (Wildman–Crippen MR) is 68.6 cm³/mol. The number of ether oxygens (including phenoxy) is 1. The van der Waals surface area contributed by atoms with E-state index in [4.69, 9.17) is 4.74 Å². The van der Waals surface area contributed by atoms with Crippen molar-refractivity contribution in [1.82, 2.24) is 10.3 Å². The van der Waals surface area contributed by atoms with Gasteiger partial charge in [0.25, 0.3) is 0 Å². The number of nitrogens with one attached hydrogen (secondary N) is 1. The highest BCUT2D eigenvalue weighted by Gasteiger charge is 2.11. The highest BCUT2D eigenvalue weighted by Crippen LogP contribution is 2.14. The molecular formula is C12H22N2OS. The summed E-state index contributed by atoms with van der Waals surface area (Å²) in [6, 6.07) is 0.498. The monoisotopic (exact) mass is 242 g/mol. The smallest absolute Gasteiger partial charge is 0.107 e. The van der Waals surface area contributed by atoms with Crippen LogP contribution < -0.4 is 5.32 Å². The molecule has 0 unspecified atom stereocenters. The van der Waals surface area contributed by atoms with Gasteiger partial charge in [0.05, 0.1) is 17.9 Å². The number of nitrogens with zero attached hydrogens (tertiary/aromatic N) is 1. The fourth-order valence-electron chi connectivity index (χ4n) is 1.08. The van der Waals surface area contributed by atoms with Crippen LogP contribution in [0.2, 0.25) is 0 Å². The Morgan fingerprint density at radius 3 is 2.69 bits per heavy atom. The maximum absolute atomic E-state index is 5.68. The van der Waals surface area contributed by atoms with Crippen LogP contribution in [0.1, 0.15) is 45.3 Å². The highest BCUT2D eigenvalue weighted by atomic mass is 32.1. The largest absolute Gasteiger partial charge is 0.370 e. The molecule has 1 aromatic heterocycles. The third-order valence-corrected chi connectivity index (χ3v) is 2.81. The van der Waals surface area contributed by atoms with Gasteiger partial charge < -0.3 is 10.1 Å². The van der Waals surface area contributed by atoms with Crippen molar-refractivity contribution in [3.8, 4) is 0 Å². The van der Waals surface area contributed by atoms with E-state index in [0.717, 1.165) is 17.2 Å². The standard InChI is InChI=1S/C12H22N2OS/c1-9(2)13-6-11-14-10(8-16-11)7-15-12(3,4)5/h8-9,13H,6-7H2,1-5H3. The lowest BCUT2D eigenvalue weighted by molar-refractivity contribution is -0.0163. The molecule has 1 N–H and O–H groups in total. The van der Waals surface area contributed by atoms with E-state index >= 15 is 0 Å². The van der Waals surface area contributed by atoms with Crippen LogP contribution in [0.4, 0.5) is 0 Å². The van der Waals surface area contributed by atoms with Gasteiger partial charge in [-0.05, 0) is 20.8 Å². The molecule has 0 atom stereocenters. The average Bonchev–Trinajstić information content (AvgIpc) is 2.58. The van der Waals surface area contributed by atoms with Crippen molar-refractivity contribution in [2.45, 2.75) is 59.4 Å². The Morgan fingerprint density at radius 2 is 2.12 bits per heavy atom. The molecule has 92 valence electrons. The molecule has 0 saturated heterocycles. The molecule has 1 heterocycles. The SMILES string of the molecule is CC(C)NCc1nc(COC(C)(C)C)cs1. The Balaban J connectivity index is 2.39. The molecule has 0 bridgehead atoms. The first-order valence-electron chi connectivity index (χ1n) is 5.67. The minimum Gasteiger partial charge on any atom is -0.370 e. The van der Waals surface area contributed by atoms with Crippen molar-refractivity contribution in [3.05, 3.63) is 16.1 Å². The molecule has 0 radical (unpaired) electrons. The van der Waals surface area contributed by atoms with E-state index in [1.54, 1.807) is 11.3 Å². The number of hydrogen-bond acceptors (Lipinski definition) is 4. The zero-order chi connectivity index (χ0) is 12.2. The van der Waals surface area contributed by atoms with Gasteiger partial charge in [0, 0.05) is 18.0 Å². The summed E-state index contributed by atoms with van der Waals surface area (Å²) in [6.45, 7) is 11.9. The number of thiazole rings is 1. The van der Waals surface area contributed by atoms with E-state index in [1.807, 2.05) is 0 Å². The van der Waals surface area contributed by atoms with Crippen LogP contribution in [0.25, 0.3) is 0 Å². The Kier molecular flexibility index (Phi) is 4.89. The molecule has 0 aliphatic rings. The minimum absolute atomic E-state index is 0.0973. The van der Waals surface area contributed by atoms with Crippen LogP contribution in [0, 0.1) is 0 Å². The summed E-state index contributed by atoms with van der Waals surface area (Å²) in [4.78, 5) is 4.52. The summed E-state index contributed by atoms with van der Waals surface area (Å²) in [5.41, 5.74) is 0.931. The molecule has 16 heavy (non-hydrogen) atoms. The van der Waals surface area contributed by atoms with Crippen LogP contribution in [0.15, 0.2) is 5.38 Å². The van der Waals surface area contributed by atoms with Crippen molar-refractivity contribution in [3.63, 3.8) is 0 Å². The molecule has 0 fully saturated rings. The van der Waals surface area contributed by atoms with Gasteiger partial charge in [-0.2, -0.15) is 0 Å². The number of hydrogen-bond donors (Lipinski definition) is 1. The second kappa shape index (κ2) is 5.75. The summed E-state index contributed by atoms with van der Waals surface area (Å²) in [5.74, 6) is 0. The maximum atomic E-state index is 5.68. The summed E-state index contributed by atoms with van der Waals surface area (Å²) in [6.07, 6.45) is 0. The lowest BCUT2D eigenvalue weighted by Crippen LogP contribution is -2.21. The lowest BCUT2D eigenvalue weighted by Gasteiger charge is -2.18. The normalized spacial score (nSPS) is 12.4. The molecule has 0 aromatic carbocycles. The van der Waals surface area contributed by atoms with E-state index in [-0.39, 0.29) is 5.60 Å². The Bertz CT molecular complexity index is 315. The summed E-state index contributed by atoms with van der Waals surface area (Å²) in [5, 5.41) is 6.55. The Hall–Kier alpha value is -0.450. The molecule has 3 nitrogen and oxygen atoms in total. The zero-order valence-corrected chi connectivity index (χ0v) is 11.6. The topological polar surface area (TPSA) is 34.2 Å². The summed E-state index contributed by atoms with van der Waals surface area (Å²) in [7, 11) is 0. The van der Waals surface area contributed by atoms with Gasteiger partial charge in [-0.3, -0.25) is 0 Å². The van der Waals surface area contributed by atoms with Gasteiger partial charge in [-0.1, -0.05) is 13.8 Å². The molecule has 0 aliphatic carbocycles. The first kappa shape index (κ1) is 13.6. The van der Waals surface area contributed by atoms with Gasteiger partial charge in [-0.15, -0.1) is 11.3 Å². The molecular weight excluding hydrogens is 220 g/mol. The fourth-order valence-corrected chi connectivity index (χ4v) is 1.81. The zero-order valence-electron chi connectivity index (χ0n) is 10.8. The van der Waals surface area contributed by atoms with Gasteiger partial charge in [0.1, 0.15) is 5.01 Å². The second-order valence-corrected chi connectivity index (χ2v) is 6.11. The van der Waals surface area contributed by atoms with Crippen LogP contribution in [-0.2, 0) is 17.9 Å². The Labute approximate surface area is 102 Å². The van der Waals surface area contributed by atoms with Gasteiger partial charge >= 0.3 is 0 Å². The van der Waals surface area contributed by atoms with Crippen molar-refractivity contribution in [2.24, 2.45) is 0 Å². The molecule has 1 aromatic rings. The summed E-state index contributed by atoms with van der Waals surface area (Å²) < 4.78 is 5.68. The van der Waals surface area contributed by atoms with E-state index in [9.17, 15) is 0 Å². The first-order chi connectivity index (χ1) is 7.37. The van der Waals surface area contributed by atoms with Crippen molar-refractivity contribution < 1.29 is 4.74 Å².